The molecule has 1 aromatic carbocycles. The first-order valence-electron chi connectivity index (χ1n) is 4.50. The first kappa shape index (κ1) is 9.60. The molecule has 0 heterocycles. The predicted molar refractivity (Wildman–Crippen MR) is 54.7 cm³/mol. The second kappa shape index (κ2) is 4.51. The normalized spacial score (nSPS) is 9.31. The third-order valence-electron chi connectivity index (χ3n) is 1.99. The van der Waals surface area contributed by atoms with Crippen LogP contribution in [0.2, 0.25) is 0 Å². The van der Waals surface area contributed by atoms with E-state index >= 15 is 0 Å². The van der Waals surface area contributed by atoms with Gasteiger partial charge in [0.05, 0.1) is 11.3 Å². The number of nitrogens with zero attached hydrogens (tertiary/aromatic N) is 2. The summed E-state index contributed by atoms with van der Waals surface area (Å²) in [6.07, 6.45) is 1.09. The Kier molecular flexibility index (Phi) is 3.33. The van der Waals surface area contributed by atoms with Gasteiger partial charge in [0.15, 0.2) is 0 Å². The van der Waals surface area contributed by atoms with Gasteiger partial charge < -0.3 is 4.90 Å². The first-order valence-corrected chi connectivity index (χ1v) is 4.50. The average Bonchev–Trinajstić information content (AvgIpc) is 2.18. The fraction of sp³-hybridized carbons (Fsp3) is 0.364. The van der Waals surface area contributed by atoms with Gasteiger partial charge in [-0.3, -0.25) is 0 Å². The summed E-state index contributed by atoms with van der Waals surface area (Å²) in [5, 5.41) is 8.86. The monoisotopic (exact) mass is 174 g/mol. The summed E-state index contributed by atoms with van der Waals surface area (Å²) in [5.41, 5.74) is 1.77. The third-order valence-corrected chi connectivity index (χ3v) is 1.99. The minimum atomic E-state index is 0.749. The van der Waals surface area contributed by atoms with E-state index in [1.807, 2.05) is 31.3 Å². The molecule has 0 bridgehead atoms. The summed E-state index contributed by atoms with van der Waals surface area (Å²) in [6, 6.07) is 9.87. The van der Waals surface area contributed by atoms with Crippen molar-refractivity contribution in [3.8, 4) is 6.07 Å². The zero-order chi connectivity index (χ0) is 9.68. The number of benzene rings is 1. The highest BCUT2D eigenvalue weighted by molar-refractivity contribution is 5.58. The Morgan fingerprint density at radius 2 is 2.08 bits per heavy atom. The molecule has 2 nitrogen and oxygen atoms in total. The third kappa shape index (κ3) is 2.22. The van der Waals surface area contributed by atoms with Gasteiger partial charge in [0.1, 0.15) is 6.07 Å². The van der Waals surface area contributed by atoms with Crippen molar-refractivity contribution in [2.45, 2.75) is 13.3 Å². The Labute approximate surface area is 79.4 Å². The fourth-order valence-electron chi connectivity index (χ4n) is 1.36. The van der Waals surface area contributed by atoms with Gasteiger partial charge in [-0.2, -0.15) is 5.26 Å². The van der Waals surface area contributed by atoms with Gasteiger partial charge in [-0.25, -0.2) is 0 Å². The van der Waals surface area contributed by atoms with Crippen molar-refractivity contribution >= 4 is 5.69 Å². The predicted octanol–water partition coefficient (Wildman–Crippen LogP) is 2.40. The van der Waals surface area contributed by atoms with Crippen LogP contribution in [0.5, 0.6) is 0 Å². The largest absolute Gasteiger partial charge is 0.374 e. The summed E-state index contributed by atoms with van der Waals surface area (Å²) in [6.45, 7) is 3.12. The van der Waals surface area contributed by atoms with E-state index in [2.05, 4.69) is 17.9 Å². The molecule has 1 aromatic rings. The van der Waals surface area contributed by atoms with Crippen molar-refractivity contribution in [1.29, 1.82) is 5.26 Å². The van der Waals surface area contributed by atoms with Gasteiger partial charge in [0, 0.05) is 13.6 Å². The molecule has 2 heteroatoms. The van der Waals surface area contributed by atoms with Gasteiger partial charge in [-0.15, -0.1) is 0 Å². The summed E-state index contributed by atoms with van der Waals surface area (Å²) < 4.78 is 0. The molecule has 0 aliphatic rings. The van der Waals surface area contributed by atoms with Crippen molar-refractivity contribution in [3.05, 3.63) is 29.8 Å². The molecular formula is C11H14N2. The van der Waals surface area contributed by atoms with Gasteiger partial charge >= 0.3 is 0 Å². The zero-order valence-corrected chi connectivity index (χ0v) is 8.12. The van der Waals surface area contributed by atoms with Crippen LogP contribution in [-0.4, -0.2) is 13.6 Å². The lowest BCUT2D eigenvalue weighted by Crippen LogP contribution is -2.18. The van der Waals surface area contributed by atoms with Crippen LogP contribution in [0.4, 0.5) is 5.69 Å². The molecule has 0 radical (unpaired) electrons. The fourth-order valence-corrected chi connectivity index (χ4v) is 1.36. The van der Waals surface area contributed by atoms with Crippen LogP contribution >= 0.6 is 0 Å². The van der Waals surface area contributed by atoms with E-state index < -0.39 is 0 Å². The lowest BCUT2D eigenvalue weighted by atomic mass is 10.2. The van der Waals surface area contributed by atoms with Gasteiger partial charge in [0.25, 0.3) is 0 Å². The summed E-state index contributed by atoms with van der Waals surface area (Å²) in [4.78, 5) is 2.11. The van der Waals surface area contributed by atoms with E-state index in [1.165, 1.54) is 0 Å². The van der Waals surface area contributed by atoms with Gasteiger partial charge in [-0.1, -0.05) is 19.1 Å². The molecule has 0 atom stereocenters. The van der Waals surface area contributed by atoms with Crippen LogP contribution in [0.3, 0.4) is 0 Å². The van der Waals surface area contributed by atoms with Crippen molar-refractivity contribution in [3.63, 3.8) is 0 Å². The summed E-state index contributed by atoms with van der Waals surface area (Å²) >= 11 is 0. The van der Waals surface area contributed by atoms with Crippen molar-refractivity contribution in [1.82, 2.24) is 0 Å². The Morgan fingerprint density at radius 1 is 1.38 bits per heavy atom. The van der Waals surface area contributed by atoms with E-state index in [0.29, 0.717) is 0 Å². The van der Waals surface area contributed by atoms with Crippen LogP contribution in [-0.2, 0) is 0 Å². The first-order chi connectivity index (χ1) is 6.29. The smallest absolute Gasteiger partial charge is 0.101 e. The Balaban J connectivity index is 2.93. The van der Waals surface area contributed by atoms with E-state index in [-0.39, 0.29) is 0 Å². The molecule has 0 aromatic heterocycles. The summed E-state index contributed by atoms with van der Waals surface area (Å²) in [5.74, 6) is 0. The molecule has 0 saturated carbocycles. The molecule has 0 saturated heterocycles. The van der Waals surface area contributed by atoms with Gasteiger partial charge in [-0.05, 0) is 18.6 Å². The van der Waals surface area contributed by atoms with E-state index in [9.17, 15) is 0 Å². The second-order valence-corrected chi connectivity index (χ2v) is 3.05. The maximum absolute atomic E-state index is 8.86. The highest BCUT2D eigenvalue weighted by atomic mass is 15.1. The molecule has 13 heavy (non-hydrogen) atoms. The second-order valence-electron chi connectivity index (χ2n) is 3.05. The number of hydrogen-bond acceptors (Lipinski definition) is 2. The topological polar surface area (TPSA) is 27.0 Å². The molecule has 68 valence electrons. The van der Waals surface area contributed by atoms with Crippen LogP contribution in [0, 0.1) is 11.3 Å². The lowest BCUT2D eigenvalue weighted by Gasteiger charge is -2.19. The summed E-state index contributed by atoms with van der Waals surface area (Å²) in [7, 11) is 2.01. The molecule has 0 spiro atoms. The molecule has 0 aliphatic heterocycles. The molecule has 0 aliphatic carbocycles. The number of para-hydroxylation sites is 1. The standard InChI is InChI=1S/C11H14N2/c1-3-8-13(2)11-7-5-4-6-10(11)9-12/h4-7H,3,8H2,1-2H3. The van der Waals surface area contributed by atoms with Crippen molar-refractivity contribution < 1.29 is 0 Å². The highest BCUT2D eigenvalue weighted by Gasteiger charge is 2.03. The lowest BCUT2D eigenvalue weighted by molar-refractivity contribution is 0.851. The molecular weight excluding hydrogens is 160 g/mol. The molecule has 0 unspecified atom stereocenters. The Hall–Kier alpha value is -1.49. The number of hydrogen-bond donors (Lipinski definition) is 0. The van der Waals surface area contributed by atoms with Crippen LogP contribution in [0.15, 0.2) is 24.3 Å². The van der Waals surface area contributed by atoms with Gasteiger partial charge in [0.2, 0.25) is 0 Å². The Morgan fingerprint density at radius 3 is 2.69 bits per heavy atom. The van der Waals surface area contributed by atoms with Crippen LogP contribution < -0.4 is 4.90 Å². The van der Waals surface area contributed by atoms with E-state index in [0.717, 1.165) is 24.2 Å². The minimum absolute atomic E-state index is 0.749. The van der Waals surface area contributed by atoms with Crippen LogP contribution in [0.25, 0.3) is 0 Å². The number of rotatable bonds is 3. The quantitative estimate of drug-likeness (QED) is 0.703. The number of nitriles is 1. The Bertz CT molecular complexity index is 312. The van der Waals surface area contributed by atoms with Crippen molar-refractivity contribution in [2.75, 3.05) is 18.5 Å². The SMILES string of the molecule is CCCN(C)c1ccccc1C#N. The van der Waals surface area contributed by atoms with E-state index in [4.69, 9.17) is 5.26 Å². The van der Waals surface area contributed by atoms with Crippen molar-refractivity contribution in [2.24, 2.45) is 0 Å². The average molecular weight is 174 g/mol. The maximum atomic E-state index is 8.86. The molecule has 1 rings (SSSR count). The minimum Gasteiger partial charge on any atom is -0.374 e. The maximum Gasteiger partial charge on any atom is 0.101 e. The van der Waals surface area contributed by atoms with E-state index in [1.54, 1.807) is 0 Å². The molecule has 0 N–H and O–H groups in total. The molecule has 0 fully saturated rings. The number of anilines is 1. The molecule has 0 amide bonds. The highest BCUT2D eigenvalue weighted by Crippen LogP contribution is 2.17. The van der Waals surface area contributed by atoms with Crippen LogP contribution in [0.1, 0.15) is 18.9 Å². The zero-order valence-electron chi connectivity index (χ0n) is 8.12.